The van der Waals surface area contributed by atoms with Gasteiger partial charge in [-0.15, -0.1) is 0 Å². The topological polar surface area (TPSA) is 65.5 Å². The number of halogens is 3. The minimum Gasteiger partial charge on any atom is -0.355 e. The van der Waals surface area contributed by atoms with Gasteiger partial charge < -0.3 is 16.0 Å². The van der Waals surface area contributed by atoms with Crippen LogP contribution in [0.2, 0.25) is 0 Å². The first kappa shape index (κ1) is 21.8. The first-order valence-electron chi connectivity index (χ1n) is 8.38. The molecule has 5 nitrogen and oxygen atoms in total. The van der Waals surface area contributed by atoms with Gasteiger partial charge in [0.25, 0.3) is 0 Å². The first-order valence-corrected chi connectivity index (χ1v) is 8.38. The van der Waals surface area contributed by atoms with E-state index in [4.69, 9.17) is 0 Å². The molecule has 0 aliphatic carbocycles. The molecular formula is C18H27F3N4O. The van der Waals surface area contributed by atoms with E-state index in [1.165, 1.54) is 6.07 Å². The van der Waals surface area contributed by atoms with E-state index in [1.54, 1.807) is 20.0 Å². The highest BCUT2D eigenvalue weighted by Gasteiger charge is 2.30. The van der Waals surface area contributed by atoms with Crippen LogP contribution < -0.4 is 16.0 Å². The number of carbonyl (C=O) groups is 1. The number of benzene rings is 1. The lowest BCUT2D eigenvalue weighted by atomic mass is 9.96. The largest absolute Gasteiger partial charge is 0.416 e. The molecule has 0 saturated heterocycles. The van der Waals surface area contributed by atoms with Gasteiger partial charge in [0.1, 0.15) is 0 Å². The number of hydrogen-bond acceptors (Lipinski definition) is 2. The third kappa shape index (κ3) is 6.93. The van der Waals surface area contributed by atoms with Gasteiger partial charge >= 0.3 is 6.18 Å². The zero-order valence-electron chi connectivity index (χ0n) is 15.8. The third-order valence-corrected chi connectivity index (χ3v) is 3.67. The minimum absolute atomic E-state index is 0.0559. The van der Waals surface area contributed by atoms with Crippen molar-refractivity contribution in [2.24, 2.45) is 10.4 Å². The van der Waals surface area contributed by atoms with Gasteiger partial charge in [0, 0.05) is 25.6 Å². The van der Waals surface area contributed by atoms with Crippen molar-refractivity contribution >= 4 is 11.9 Å². The van der Waals surface area contributed by atoms with Crippen molar-refractivity contribution < 1.29 is 18.0 Å². The van der Waals surface area contributed by atoms with E-state index in [0.717, 1.165) is 12.1 Å². The van der Waals surface area contributed by atoms with Crippen LogP contribution in [0.1, 0.15) is 44.9 Å². The lowest BCUT2D eigenvalue weighted by molar-refractivity contribution is -0.137. The van der Waals surface area contributed by atoms with Gasteiger partial charge in [-0.2, -0.15) is 13.2 Å². The average molecular weight is 372 g/mol. The summed E-state index contributed by atoms with van der Waals surface area (Å²) in [7, 11) is 1.57. The monoisotopic (exact) mass is 372 g/mol. The smallest absolute Gasteiger partial charge is 0.355 e. The fraction of sp³-hybridized carbons (Fsp3) is 0.556. The van der Waals surface area contributed by atoms with Crippen LogP contribution in [0.4, 0.5) is 13.2 Å². The molecule has 0 radical (unpaired) electrons. The maximum Gasteiger partial charge on any atom is 0.416 e. The van der Waals surface area contributed by atoms with Gasteiger partial charge in [-0.05, 0) is 24.6 Å². The summed E-state index contributed by atoms with van der Waals surface area (Å²) in [5, 5.41) is 8.86. The van der Waals surface area contributed by atoms with Crippen LogP contribution >= 0.6 is 0 Å². The Morgan fingerprint density at radius 1 is 1.15 bits per heavy atom. The Balaban J connectivity index is 2.57. The predicted molar refractivity (Wildman–Crippen MR) is 96.8 cm³/mol. The fourth-order valence-electron chi connectivity index (χ4n) is 2.09. The van der Waals surface area contributed by atoms with Crippen LogP contribution in [-0.2, 0) is 11.0 Å². The standard InChI is InChI=1S/C18H27F3N4O/c1-12(13-7-6-8-14(11-13)18(19,20)21)25-16(22-5)24-10-9-23-15(26)17(2,3)4/h6-8,11-12H,9-10H2,1-5H3,(H,23,26)(H2,22,24,25). The summed E-state index contributed by atoms with van der Waals surface area (Å²) in [6.07, 6.45) is -4.37. The molecule has 1 aromatic carbocycles. The summed E-state index contributed by atoms with van der Waals surface area (Å²) >= 11 is 0. The lowest BCUT2D eigenvalue weighted by Crippen LogP contribution is -2.44. The first-order chi connectivity index (χ1) is 11.9. The van der Waals surface area contributed by atoms with Gasteiger partial charge in [-0.3, -0.25) is 9.79 Å². The molecule has 26 heavy (non-hydrogen) atoms. The molecule has 1 aromatic rings. The summed E-state index contributed by atoms with van der Waals surface area (Å²) < 4.78 is 38.5. The van der Waals surface area contributed by atoms with E-state index < -0.39 is 17.2 Å². The molecule has 0 spiro atoms. The van der Waals surface area contributed by atoms with Gasteiger partial charge in [-0.25, -0.2) is 0 Å². The number of amides is 1. The van der Waals surface area contributed by atoms with Crippen LogP contribution in [0.5, 0.6) is 0 Å². The normalized spacial score (nSPS) is 13.9. The molecule has 0 saturated carbocycles. The summed E-state index contributed by atoms with van der Waals surface area (Å²) in [6, 6.07) is 4.81. The van der Waals surface area contributed by atoms with Crippen LogP contribution in [0.3, 0.4) is 0 Å². The molecule has 146 valence electrons. The second-order valence-electron chi connectivity index (χ2n) is 6.99. The van der Waals surface area contributed by atoms with Crippen molar-refractivity contribution in [2.45, 2.75) is 39.9 Å². The highest BCUT2D eigenvalue weighted by atomic mass is 19.4. The van der Waals surface area contributed by atoms with E-state index in [0.29, 0.717) is 24.6 Å². The van der Waals surface area contributed by atoms with Crippen molar-refractivity contribution in [1.82, 2.24) is 16.0 Å². The highest BCUT2D eigenvalue weighted by Crippen LogP contribution is 2.30. The molecular weight excluding hydrogens is 345 g/mol. The predicted octanol–water partition coefficient (Wildman–Crippen LogP) is 3.09. The Morgan fingerprint density at radius 2 is 1.77 bits per heavy atom. The van der Waals surface area contributed by atoms with E-state index in [1.807, 2.05) is 20.8 Å². The Hall–Kier alpha value is -2.25. The van der Waals surface area contributed by atoms with Crippen LogP contribution in [0, 0.1) is 5.41 Å². The quantitative estimate of drug-likeness (QED) is 0.423. The average Bonchev–Trinajstić information content (AvgIpc) is 2.55. The maximum absolute atomic E-state index is 12.8. The molecule has 0 bridgehead atoms. The van der Waals surface area contributed by atoms with Gasteiger partial charge in [-0.1, -0.05) is 32.9 Å². The number of rotatable bonds is 5. The second kappa shape index (κ2) is 8.91. The van der Waals surface area contributed by atoms with Gasteiger partial charge in [0.2, 0.25) is 5.91 Å². The minimum atomic E-state index is -4.37. The Labute approximate surface area is 152 Å². The molecule has 0 aliphatic rings. The van der Waals surface area contributed by atoms with Crippen LogP contribution in [0.15, 0.2) is 29.3 Å². The summed E-state index contributed by atoms with van der Waals surface area (Å²) in [6.45, 7) is 8.09. The number of aliphatic imine (C=N–C) groups is 1. The van der Waals surface area contributed by atoms with Crippen molar-refractivity contribution in [3.8, 4) is 0 Å². The molecule has 3 N–H and O–H groups in total. The molecule has 1 rings (SSSR count). The zero-order valence-corrected chi connectivity index (χ0v) is 15.8. The zero-order chi connectivity index (χ0) is 20.0. The third-order valence-electron chi connectivity index (χ3n) is 3.67. The summed E-state index contributed by atoms with van der Waals surface area (Å²) in [5.41, 5.74) is -0.641. The number of carbonyl (C=O) groups excluding carboxylic acids is 1. The van der Waals surface area contributed by atoms with E-state index >= 15 is 0 Å². The number of alkyl halides is 3. The fourth-order valence-corrected chi connectivity index (χ4v) is 2.09. The van der Waals surface area contributed by atoms with E-state index in [-0.39, 0.29) is 11.9 Å². The summed E-state index contributed by atoms with van der Waals surface area (Å²) in [4.78, 5) is 15.8. The van der Waals surface area contributed by atoms with Crippen molar-refractivity contribution in [3.05, 3.63) is 35.4 Å². The number of hydrogen-bond donors (Lipinski definition) is 3. The second-order valence-corrected chi connectivity index (χ2v) is 6.99. The number of nitrogens with zero attached hydrogens (tertiary/aromatic N) is 1. The summed E-state index contributed by atoms with van der Waals surface area (Å²) in [5.74, 6) is 0.388. The van der Waals surface area contributed by atoms with Crippen molar-refractivity contribution in [3.63, 3.8) is 0 Å². The SMILES string of the molecule is CN=C(NCCNC(=O)C(C)(C)C)NC(C)c1cccc(C(F)(F)F)c1. The van der Waals surface area contributed by atoms with Crippen molar-refractivity contribution in [2.75, 3.05) is 20.1 Å². The molecule has 1 unspecified atom stereocenters. The van der Waals surface area contributed by atoms with Crippen LogP contribution in [-0.4, -0.2) is 32.0 Å². The maximum atomic E-state index is 12.8. The van der Waals surface area contributed by atoms with E-state index in [2.05, 4.69) is 20.9 Å². The van der Waals surface area contributed by atoms with Crippen LogP contribution in [0.25, 0.3) is 0 Å². The Kier molecular flexibility index (Phi) is 7.47. The number of nitrogens with one attached hydrogen (secondary N) is 3. The molecule has 0 aromatic heterocycles. The molecule has 0 fully saturated rings. The Bertz CT molecular complexity index is 636. The number of guanidine groups is 1. The molecule has 1 amide bonds. The molecule has 8 heteroatoms. The Morgan fingerprint density at radius 3 is 2.31 bits per heavy atom. The van der Waals surface area contributed by atoms with Gasteiger partial charge in [0.05, 0.1) is 11.6 Å². The van der Waals surface area contributed by atoms with Crippen molar-refractivity contribution in [1.29, 1.82) is 0 Å². The molecule has 1 atom stereocenters. The molecule has 0 heterocycles. The molecule has 0 aliphatic heterocycles. The highest BCUT2D eigenvalue weighted by molar-refractivity contribution is 5.82. The van der Waals surface area contributed by atoms with E-state index in [9.17, 15) is 18.0 Å². The lowest BCUT2D eigenvalue weighted by Gasteiger charge is -2.20. The van der Waals surface area contributed by atoms with Gasteiger partial charge in [0.15, 0.2) is 5.96 Å².